The first-order valence-electron chi connectivity index (χ1n) is 16.0. The van der Waals surface area contributed by atoms with E-state index < -0.39 is 17.2 Å². The van der Waals surface area contributed by atoms with Gasteiger partial charge in [0.2, 0.25) is 5.88 Å². The predicted octanol–water partition coefficient (Wildman–Crippen LogP) is 7.29. The van der Waals surface area contributed by atoms with E-state index in [1.54, 1.807) is 25.5 Å². The highest BCUT2D eigenvalue weighted by atomic mass is 16.6. The van der Waals surface area contributed by atoms with Crippen molar-refractivity contribution >= 4 is 16.7 Å². The van der Waals surface area contributed by atoms with E-state index in [1.165, 1.54) is 4.57 Å². The quantitative estimate of drug-likeness (QED) is 0.145. The van der Waals surface area contributed by atoms with Crippen molar-refractivity contribution in [2.75, 3.05) is 7.11 Å². The number of esters is 1. The molecule has 0 fully saturated rings. The Balaban J connectivity index is 1.33. The first kappa shape index (κ1) is 33.4. The van der Waals surface area contributed by atoms with Crippen LogP contribution in [-0.4, -0.2) is 38.5 Å². The topological polar surface area (TPSA) is 91.9 Å². The normalized spacial score (nSPS) is 11.9. The SMILES string of the molecule is COc1ccc(Cn2c(CCCc3ccc(OC(C)(C)C(=O)OC(C)(C)C)cc3)c(O)n(Cc3ccc4ccccc4c3)c2=O)cc1. The third-order valence-electron chi connectivity index (χ3n) is 8.02. The Labute approximate surface area is 276 Å². The molecule has 0 atom stereocenters. The molecule has 0 radical (unpaired) electrons. The van der Waals surface area contributed by atoms with Crippen LogP contribution in [0.25, 0.3) is 10.8 Å². The van der Waals surface area contributed by atoms with Crippen LogP contribution in [0.4, 0.5) is 0 Å². The minimum absolute atomic E-state index is 0.00945. The van der Waals surface area contributed by atoms with E-state index in [4.69, 9.17) is 14.2 Å². The fraction of sp³-hybridized carbons (Fsp3) is 0.333. The lowest BCUT2D eigenvalue weighted by molar-refractivity contribution is -0.170. The van der Waals surface area contributed by atoms with Crippen LogP contribution in [-0.2, 0) is 35.5 Å². The molecule has 5 aromatic rings. The zero-order valence-electron chi connectivity index (χ0n) is 28.1. The molecule has 8 nitrogen and oxygen atoms in total. The van der Waals surface area contributed by atoms with Gasteiger partial charge >= 0.3 is 11.7 Å². The maximum absolute atomic E-state index is 13.8. The van der Waals surface area contributed by atoms with Crippen LogP contribution in [0.5, 0.6) is 17.4 Å². The number of rotatable bonds is 12. The summed E-state index contributed by atoms with van der Waals surface area (Å²) in [5, 5.41) is 13.7. The zero-order chi connectivity index (χ0) is 33.8. The van der Waals surface area contributed by atoms with Crippen molar-refractivity contribution in [3.05, 3.63) is 124 Å². The molecule has 0 amide bonds. The summed E-state index contributed by atoms with van der Waals surface area (Å²) < 4.78 is 19.9. The molecule has 0 aliphatic heterocycles. The summed E-state index contributed by atoms with van der Waals surface area (Å²) in [7, 11) is 1.62. The Kier molecular flexibility index (Phi) is 9.80. The van der Waals surface area contributed by atoms with Gasteiger partial charge in [-0.15, -0.1) is 0 Å². The monoisotopic (exact) mass is 636 g/mol. The van der Waals surface area contributed by atoms with Crippen LogP contribution in [0.2, 0.25) is 0 Å². The molecular weight excluding hydrogens is 592 g/mol. The standard InChI is InChI=1S/C39H44N2O6/c1-38(2,3)47-36(43)39(4,5)46-33-22-15-27(16-23-33)10-9-13-34-35(42)41(26-29-14-19-30-11-7-8-12-31(30)24-29)37(44)40(34)25-28-17-20-32(45-6)21-18-28/h7-8,11-12,14-24,42H,9-10,13,25-26H2,1-6H3. The Morgan fingerprint density at radius 2 is 1.32 bits per heavy atom. The molecule has 5 rings (SSSR count). The van der Waals surface area contributed by atoms with E-state index in [2.05, 4.69) is 12.1 Å². The number of benzene rings is 4. The van der Waals surface area contributed by atoms with Crippen LogP contribution in [0.1, 0.15) is 63.4 Å². The summed E-state index contributed by atoms with van der Waals surface area (Å²) in [6, 6.07) is 29.4. The summed E-state index contributed by atoms with van der Waals surface area (Å²) >= 11 is 0. The zero-order valence-corrected chi connectivity index (χ0v) is 28.1. The van der Waals surface area contributed by atoms with Crippen LogP contribution < -0.4 is 15.2 Å². The minimum atomic E-state index is -1.14. The number of imidazole rings is 1. The van der Waals surface area contributed by atoms with Crippen molar-refractivity contribution in [2.45, 2.75) is 78.2 Å². The van der Waals surface area contributed by atoms with E-state index in [0.717, 1.165) is 39.6 Å². The number of aryl methyl sites for hydroxylation is 1. The first-order chi connectivity index (χ1) is 22.3. The van der Waals surface area contributed by atoms with Gasteiger partial charge in [-0.05, 0) is 112 Å². The van der Waals surface area contributed by atoms with Crippen molar-refractivity contribution < 1.29 is 24.1 Å². The highest BCUT2D eigenvalue weighted by Crippen LogP contribution is 2.25. The first-order valence-corrected chi connectivity index (χ1v) is 16.0. The fourth-order valence-electron chi connectivity index (χ4n) is 5.54. The van der Waals surface area contributed by atoms with Crippen LogP contribution >= 0.6 is 0 Å². The largest absolute Gasteiger partial charge is 0.497 e. The van der Waals surface area contributed by atoms with Gasteiger partial charge in [-0.3, -0.25) is 9.13 Å². The lowest BCUT2D eigenvalue weighted by Crippen LogP contribution is -2.43. The van der Waals surface area contributed by atoms with Crippen molar-refractivity contribution in [3.8, 4) is 17.4 Å². The summed E-state index contributed by atoms with van der Waals surface area (Å²) in [6.07, 6.45) is 1.94. The molecule has 1 N–H and O–H groups in total. The molecule has 0 aliphatic carbocycles. The molecule has 1 aromatic heterocycles. The number of carbonyl (C=O) groups is 1. The predicted molar refractivity (Wildman–Crippen MR) is 185 cm³/mol. The number of hydrogen-bond acceptors (Lipinski definition) is 6. The molecule has 0 saturated carbocycles. The van der Waals surface area contributed by atoms with Crippen molar-refractivity contribution in [3.63, 3.8) is 0 Å². The average molecular weight is 637 g/mol. The molecule has 0 bridgehead atoms. The van der Waals surface area contributed by atoms with Crippen molar-refractivity contribution in [2.24, 2.45) is 0 Å². The van der Waals surface area contributed by atoms with E-state index in [-0.39, 0.29) is 18.1 Å². The van der Waals surface area contributed by atoms with Gasteiger partial charge in [0.1, 0.15) is 17.1 Å². The molecule has 0 saturated heterocycles. The van der Waals surface area contributed by atoms with Gasteiger partial charge in [0.15, 0.2) is 5.60 Å². The number of carbonyl (C=O) groups excluding carboxylic acids is 1. The fourth-order valence-corrected chi connectivity index (χ4v) is 5.54. The Bertz CT molecular complexity index is 1890. The van der Waals surface area contributed by atoms with Gasteiger partial charge in [0, 0.05) is 0 Å². The summed E-state index contributed by atoms with van der Waals surface area (Å²) in [6.45, 7) is 9.46. The minimum Gasteiger partial charge on any atom is -0.497 e. The second-order valence-corrected chi connectivity index (χ2v) is 13.4. The van der Waals surface area contributed by atoms with E-state index >= 15 is 0 Å². The molecule has 47 heavy (non-hydrogen) atoms. The van der Waals surface area contributed by atoms with Crippen molar-refractivity contribution in [1.82, 2.24) is 9.13 Å². The lowest BCUT2D eigenvalue weighted by Gasteiger charge is -2.29. The smallest absolute Gasteiger partial charge is 0.350 e. The van der Waals surface area contributed by atoms with Gasteiger partial charge in [-0.1, -0.05) is 60.7 Å². The van der Waals surface area contributed by atoms with Crippen LogP contribution in [0.15, 0.2) is 95.8 Å². The maximum Gasteiger partial charge on any atom is 0.350 e. The summed E-state index contributed by atoms with van der Waals surface area (Å²) in [5.74, 6) is 0.871. The third-order valence-corrected chi connectivity index (χ3v) is 8.02. The van der Waals surface area contributed by atoms with Crippen LogP contribution in [0.3, 0.4) is 0 Å². The molecule has 1 heterocycles. The van der Waals surface area contributed by atoms with E-state index in [0.29, 0.717) is 30.8 Å². The van der Waals surface area contributed by atoms with Crippen LogP contribution in [0, 0.1) is 0 Å². The molecule has 0 spiro atoms. The van der Waals surface area contributed by atoms with Gasteiger partial charge < -0.3 is 19.3 Å². The van der Waals surface area contributed by atoms with Crippen molar-refractivity contribution in [1.29, 1.82) is 0 Å². The molecule has 246 valence electrons. The number of ether oxygens (including phenoxy) is 3. The second kappa shape index (κ2) is 13.8. The van der Waals surface area contributed by atoms with Gasteiger partial charge in [0.25, 0.3) is 0 Å². The number of hydrogen-bond donors (Lipinski definition) is 1. The van der Waals surface area contributed by atoms with Gasteiger partial charge in [-0.2, -0.15) is 0 Å². The van der Waals surface area contributed by atoms with E-state index in [1.807, 2.05) is 99.6 Å². The van der Waals surface area contributed by atoms with E-state index in [9.17, 15) is 14.7 Å². The molecule has 0 aliphatic rings. The molecular formula is C39H44N2O6. The Morgan fingerprint density at radius 1 is 0.723 bits per heavy atom. The molecule has 8 heteroatoms. The molecule has 0 unspecified atom stereocenters. The number of aromatic hydroxyl groups is 1. The Morgan fingerprint density at radius 3 is 1.98 bits per heavy atom. The highest BCUT2D eigenvalue weighted by Gasteiger charge is 2.34. The average Bonchev–Trinajstić information content (AvgIpc) is 3.24. The maximum atomic E-state index is 13.8. The van der Waals surface area contributed by atoms with Gasteiger partial charge in [0.05, 0.1) is 25.9 Å². The highest BCUT2D eigenvalue weighted by molar-refractivity contribution is 5.83. The summed E-state index contributed by atoms with van der Waals surface area (Å²) in [4.78, 5) is 26.4. The second-order valence-electron chi connectivity index (χ2n) is 13.4. The lowest BCUT2D eigenvalue weighted by atomic mass is 10.1. The Hall–Kier alpha value is -4.98. The number of fused-ring (bicyclic) bond motifs is 1. The number of methoxy groups -OCH3 is 1. The van der Waals surface area contributed by atoms with Gasteiger partial charge in [-0.25, -0.2) is 9.59 Å². The summed E-state index contributed by atoms with van der Waals surface area (Å²) in [5.41, 5.74) is 1.55. The number of nitrogens with zero attached hydrogens (tertiary/aromatic N) is 2. The molecule has 4 aromatic carbocycles. The third kappa shape index (κ3) is 8.25. The number of aromatic nitrogens is 2.